The largest absolute Gasteiger partial charge is 0.492 e. The lowest BCUT2D eigenvalue weighted by Gasteiger charge is -2.27. The van der Waals surface area contributed by atoms with Gasteiger partial charge in [-0.3, -0.25) is 0 Å². The highest BCUT2D eigenvalue weighted by atomic mass is 35.5. The maximum Gasteiger partial charge on any atom is 0.151 e. The average Bonchev–Trinajstić information content (AvgIpc) is 3.32. The Balaban J connectivity index is 1.39. The standard InChI is InChI=1S/C29H23Cl4N3O/c1-19-13-23(36-17-21-9-5-6-10-22(21)18-36)15-24(14-19)37-12-11-35(16-20-7-3-2-4-8-20)27-25(30)28(32)34-29(33)26(27)31/h2-10,13-15,17-18H,11-12,16H2,1H3. The number of pyridine rings is 1. The summed E-state index contributed by atoms with van der Waals surface area (Å²) in [6.45, 7) is 3.46. The molecule has 2 aromatic heterocycles. The molecule has 0 saturated heterocycles. The number of halogens is 4. The first kappa shape index (κ1) is 25.7. The first-order valence-corrected chi connectivity index (χ1v) is 13.2. The Bertz CT molecular complexity index is 1490. The van der Waals surface area contributed by atoms with E-state index >= 15 is 0 Å². The molecule has 37 heavy (non-hydrogen) atoms. The van der Waals surface area contributed by atoms with Crippen LogP contribution in [0.25, 0.3) is 16.5 Å². The fourth-order valence-corrected chi connectivity index (χ4v) is 5.25. The van der Waals surface area contributed by atoms with Crippen LogP contribution in [0.15, 0.2) is 85.2 Å². The lowest BCUT2D eigenvalue weighted by atomic mass is 10.2. The van der Waals surface area contributed by atoms with Gasteiger partial charge in [-0.2, -0.15) is 0 Å². The van der Waals surface area contributed by atoms with Crippen LogP contribution in [0.2, 0.25) is 20.4 Å². The smallest absolute Gasteiger partial charge is 0.151 e. The second-order valence-corrected chi connectivity index (χ2v) is 10.2. The van der Waals surface area contributed by atoms with Crippen molar-refractivity contribution in [2.24, 2.45) is 0 Å². The number of ether oxygens (including phenoxy) is 1. The van der Waals surface area contributed by atoms with E-state index in [9.17, 15) is 0 Å². The molecule has 188 valence electrons. The van der Waals surface area contributed by atoms with Gasteiger partial charge in [0.15, 0.2) is 10.3 Å². The third-order valence-electron chi connectivity index (χ3n) is 6.02. The lowest BCUT2D eigenvalue weighted by molar-refractivity contribution is 0.323. The summed E-state index contributed by atoms with van der Waals surface area (Å²) in [6, 6.07) is 24.5. The minimum absolute atomic E-state index is 0.104. The Morgan fingerprint density at radius 3 is 2.08 bits per heavy atom. The quantitative estimate of drug-likeness (QED) is 0.174. The van der Waals surface area contributed by atoms with Crippen molar-refractivity contribution in [1.29, 1.82) is 0 Å². The third kappa shape index (κ3) is 5.83. The molecule has 0 amide bonds. The highest BCUT2D eigenvalue weighted by Gasteiger charge is 2.21. The van der Waals surface area contributed by atoms with Gasteiger partial charge in [0, 0.05) is 30.7 Å². The first-order chi connectivity index (χ1) is 17.9. The number of hydrogen-bond acceptors (Lipinski definition) is 3. The summed E-state index contributed by atoms with van der Waals surface area (Å²) in [6.07, 6.45) is 4.24. The molecule has 0 saturated carbocycles. The predicted molar refractivity (Wildman–Crippen MR) is 155 cm³/mol. The van der Waals surface area contributed by atoms with Gasteiger partial charge in [-0.1, -0.05) is 101 Å². The number of aromatic nitrogens is 2. The van der Waals surface area contributed by atoms with E-state index in [1.165, 1.54) is 10.8 Å². The van der Waals surface area contributed by atoms with Crippen LogP contribution in [0.4, 0.5) is 5.69 Å². The minimum atomic E-state index is 0.104. The number of fused-ring (bicyclic) bond motifs is 1. The summed E-state index contributed by atoms with van der Waals surface area (Å²) in [7, 11) is 0. The maximum atomic E-state index is 6.55. The Kier molecular flexibility index (Phi) is 7.82. The summed E-state index contributed by atoms with van der Waals surface area (Å²) in [5.74, 6) is 0.774. The van der Waals surface area contributed by atoms with Crippen molar-refractivity contribution in [3.05, 3.63) is 117 Å². The number of anilines is 1. The van der Waals surface area contributed by atoms with Crippen molar-refractivity contribution in [2.75, 3.05) is 18.1 Å². The average molecular weight is 571 g/mol. The van der Waals surface area contributed by atoms with E-state index in [1.54, 1.807) is 0 Å². The van der Waals surface area contributed by atoms with E-state index in [-0.39, 0.29) is 20.4 Å². The molecule has 0 bridgehead atoms. The van der Waals surface area contributed by atoms with Crippen LogP contribution in [0.1, 0.15) is 11.1 Å². The maximum absolute atomic E-state index is 6.55. The Labute approximate surface area is 235 Å². The SMILES string of the molecule is Cc1cc(OCCN(Cc2ccccc2)c2c(Cl)c(Cl)nc(Cl)c2Cl)cc(-n2cc3ccccc3c2)c1. The molecule has 0 spiro atoms. The second-order valence-electron chi connectivity index (χ2n) is 8.72. The molecule has 0 aliphatic rings. The number of aryl methyl sites for hydroxylation is 1. The van der Waals surface area contributed by atoms with E-state index in [4.69, 9.17) is 51.1 Å². The highest BCUT2D eigenvalue weighted by molar-refractivity contribution is 6.48. The molecule has 0 unspecified atom stereocenters. The van der Waals surface area contributed by atoms with E-state index in [2.05, 4.69) is 47.1 Å². The summed E-state index contributed by atoms with van der Waals surface area (Å²) >= 11 is 25.6. The van der Waals surface area contributed by atoms with Gasteiger partial charge in [-0.25, -0.2) is 4.98 Å². The third-order valence-corrected chi connectivity index (χ3v) is 7.48. The van der Waals surface area contributed by atoms with Crippen LogP contribution in [0.3, 0.4) is 0 Å². The number of hydrogen-bond donors (Lipinski definition) is 0. The van der Waals surface area contributed by atoms with E-state index in [1.807, 2.05) is 59.5 Å². The molecule has 0 aliphatic heterocycles. The molecule has 4 nitrogen and oxygen atoms in total. The van der Waals surface area contributed by atoms with Crippen molar-refractivity contribution in [1.82, 2.24) is 9.55 Å². The molecular weight excluding hydrogens is 548 g/mol. The molecule has 2 heterocycles. The Morgan fingerprint density at radius 2 is 1.43 bits per heavy atom. The van der Waals surface area contributed by atoms with Gasteiger partial charge in [0.1, 0.15) is 22.4 Å². The summed E-state index contributed by atoms with van der Waals surface area (Å²) in [5.41, 5.74) is 3.75. The molecular formula is C29H23Cl4N3O. The van der Waals surface area contributed by atoms with Crippen LogP contribution in [0.5, 0.6) is 5.75 Å². The van der Waals surface area contributed by atoms with Gasteiger partial charge in [-0.15, -0.1) is 0 Å². The van der Waals surface area contributed by atoms with E-state index in [0.29, 0.717) is 25.4 Å². The normalized spacial score (nSPS) is 11.2. The Hall–Kier alpha value is -2.89. The molecule has 5 aromatic rings. The summed E-state index contributed by atoms with van der Waals surface area (Å²) in [5, 5.41) is 3.09. The van der Waals surface area contributed by atoms with Gasteiger partial charge >= 0.3 is 0 Å². The van der Waals surface area contributed by atoms with Crippen molar-refractivity contribution in [3.8, 4) is 11.4 Å². The zero-order valence-corrected chi connectivity index (χ0v) is 23.0. The van der Waals surface area contributed by atoms with Gasteiger partial charge < -0.3 is 14.2 Å². The monoisotopic (exact) mass is 569 g/mol. The van der Waals surface area contributed by atoms with Crippen LogP contribution in [-0.4, -0.2) is 22.7 Å². The predicted octanol–water partition coefficient (Wildman–Crippen LogP) is 9.03. The zero-order valence-electron chi connectivity index (χ0n) is 20.0. The van der Waals surface area contributed by atoms with Crippen molar-refractivity contribution >= 4 is 62.9 Å². The molecule has 0 aliphatic carbocycles. The highest BCUT2D eigenvalue weighted by Crippen LogP contribution is 2.41. The molecule has 0 radical (unpaired) electrons. The van der Waals surface area contributed by atoms with Crippen LogP contribution in [0, 0.1) is 6.92 Å². The number of benzene rings is 3. The molecule has 3 aromatic carbocycles. The fourth-order valence-electron chi connectivity index (χ4n) is 4.29. The minimum Gasteiger partial charge on any atom is -0.492 e. The van der Waals surface area contributed by atoms with Crippen molar-refractivity contribution < 1.29 is 4.74 Å². The van der Waals surface area contributed by atoms with Crippen LogP contribution in [-0.2, 0) is 6.54 Å². The zero-order chi connectivity index (χ0) is 25.9. The van der Waals surface area contributed by atoms with E-state index < -0.39 is 0 Å². The van der Waals surface area contributed by atoms with Gasteiger partial charge in [0.25, 0.3) is 0 Å². The van der Waals surface area contributed by atoms with Gasteiger partial charge in [0.05, 0.1) is 12.2 Å². The molecule has 0 atom stereocenters. The van der Waals surface area contributed by atoms with Crippen LogP contribution >= 0.6 is 46.4 Å². The van der Waals surface area contributed by atoms with Crippen molar-refractivity contribution in [2.45, 2.75) is 13.5 Å². The summed E-state index contributed by atoms with van der Waals surface area (Å²) in [4.78, 5) is 6.03. The molecule has 5 rings (SSSR count). The van der Waals surface area contributed by atoms with Crippen LogP contribution < -0.4 is 9.64 Å². The molecule has 0 fully saturated rings. The second kappa shape index (κ2) is 11.2. The number of nitrogens with zero attached hydrogens (tertiary/aromatic N) is 3. The molecule has 0 N–H and O–H groups in total. The van der Waals surface area contributed by atoms with E-state index in [0.717, 1.165) is 22.6 Å². The van der Waals surface area contributed by atoms with Gasteiger partial charge in [0.2, 0.25) is 0 Å². The Morgan fingerprint density at radius 1 is 0.811 bits per heavy atom. The van der Waals surface area contributed by atoms with Gasteiger partial charge in [-0.05, 0) is 41.0 Å². The first-order valence-electron chi connectivity index (χ1n) is 11.7. The lowest BCUT2D eigenvalue weighted by Crippen LogP contribution is -2.28. The topological polar surface area (TPSA) is 30.3 Å². The fraction of sp³-hybridized carbons (Fsp3) is 0.138. The van der Waals surface area contributed by atoms with Crippen molar-refractivity contribution in [3.63, 3.8) is 0 Å². The summed E-state index contributed by atoms with van der Waals surface area (Å²) < 4.78 is 8.35. The number of rotatable bonds is 8. The molecule has 8 heteroatoms.